The molecular weight excluding hydrogens is 404 g/mol. The molecule has 7 heteroatoms. The lowest BCUT2D eigenvalue weighted by Gasteiger charge is -2.16. The fraction of sp³-hybridized carbons (Fsp3) is 0.120. The maximum atomic E-state index is 12.5. The van der Waals surface area contributed by atoms with Gasteiger partial charge in [0.25, 0.3) is 11.5 Å². The summed E-state index contributed by atoms with van der Waals surface area (Å²) in [6.07, 6.45) is 3.13. The second-order valence-electron chi connectivity index (χ2n) is 7.47. The first-order valence-electron chi connectivity index (χ1n) is 10.0. The molecule has 0 aliphatic carbocycles. The number of ether oxygens (including phenoxy) is 1. The minimum Gasteiger partial charge on any atom is -0.457 e. The van der Waals surface area contributed by atoms with Gasteiger partial charge in [0.15, 0.2) is 0 Å². The number of amides is 1. The largest absolute Gasteiger partial charge is 0.457 e. The zero-order valence-electron chi connectivity index (χ0n) is 18.0. The Morgan fingerprint density at radius 2 is 1.72 bits per heavy atom. The van der Waals surface area contributed by atoms with Crippen molar-refractivity contribution >= 4 is 5.91 Å². The van der Waals surface area contributed by atoms with Crippen LogP contribution in [-0.4, -0.2) is 40.1 Å². The van der Waals surface area contributed by atoms with Gasteiger partial charge in [-0.1, -0.05) is 30.3 Å². The second-order valence-corrected chi connectivity index (χ2v) is 7.47. The van der Waals surface area contributed by atoms with Gasteiger partial charge in [0.2, 0.25) is 0 Å². The normalized spacial score (nSPS) is 10.6. The zero-order valence-corrected chi connectivity index (χ0v) is 18.0. The predicted molar refractivity (Wildman–Crippen MR) is 123 cm³/mol. The van der Waals surface area contributed by atoms with Crippen molar-refractivity contribution in [3.63, 3.8) is 0 Å². The fourth-order valence-corrected chi connectivity index (χ4v) is 3.40. The molecule has 0 atom stereocenters. The Balaban J connectivity index is 1.89. The molecule has 0 unspecified atom stereocenters. The van der Waals surface area contributed by atoms with Crippen LogP contribution in [-0.2, 0) is 0 Å². The Bertz CT molecular complexity index is 1330. The number of nitrogens with one attached hydrogen (secondary N) is 1. The highest BCUT2D eigenvalue weighted by atomic mass is 16.5. The molecule has 1 N–H and O–H groups in total. The average molecular weight is 426 g/mol. The molecule has 0 bridgehead atoms. The Hall–Kier alpha value is -4.26. The van der Waals surface area contributed by atoms with Crippen molar-refractivity contribution in [3.05, 3.63) is 94.5 Å². The lowest BCUT2D eigenvalue weighted by Crippen LogP contribution is -2.22. The van der Waals surface area contributed by atoms with E-state index in [9.17, 15) is 9.59 Å². The first kappa shape index (κ1) is 21.0. The number of carbonyl (C=O) groups excluding carboxylic acids is 1. The highest BCUT2D eigenvalue weighted by Gasteiger charge is 2.20. The van der Waals surface area contributed by atoms with Crippen LogP contribution in [0.2, 0.25) is 0 Å². The lowest BCUT2D eigenvalue weighted by molar-refractivity contribution is 0.0827. The molecule has 0 aliphatic rings. The summed E-state index contributed by atoms with van der Waals surface area (Å²) in [7, 11) is 3.36. The van der Waals surface area contributed by atoms with Crippen LogP contribution in [0.5, 0.6) is 11.5 Å². The molecule has 160 valence electrons. The molecule has 2 aromatic heterocycles. The van der Waals surface area contributed by atoms with Gasteiger partial charge in [-0.15, -0.1) is 0 Å². The average Bonchev–Trinajstić information content (AvgIpc) is 2.81. The van der Waals surface area contributed by atoms with Crippen molar-refractivity contribution in [3.8, 4) is 33.9 Å². The monoisotopic (exact) mass is 426 g/mol. The van der Waals surface area contributed by atoms with Gasteiger partial charge in [-0.25, -0.2) is 5.10 Å². The van der Waals surface area contributed by atoms with E-state index in [4.69, 9.17) is 4.74 Å². The van der Waals surface area contributed by atoms with Gasteiger partial charge in [0.05, 0.1) is 5.56 Å². The Kier molecular flexibility index (Phi) is 5.81. The summed E-state index contributed by atoms with van der Waals surface area (Å²) < 4.78 is 6.11. The third kappa shape index (κ3) is 4.13. The molecule has 0 radical (unpaired) electrons. The third-order valence-corrected chi connectivity index (χ3v) is 5.01. The molecular formula is C25H22N4O3. The summed E-state index contributed by atoms with van der Waals surface area (Å²) in [5, 5.41) is 6.92. The van der Waals surface area contributed by atoms with Crippen LogP contribution in [0.15, 0.2) is 77.9 Å². The summed E-state index contributed by atoms with van der Waals surface area (Å²) in [5.74, 6) is 1.10. The lowest BCUT2D eigenvalue weighted by atomic mass is 9.96. The van der Waals surface area contributed by atoms with Gasteiger partial charge in [-0.05, 0) is 37.3 Å². The van der Waals surface area contributed by atoms with E-state index < -0.39 is 0 Å². The minimum atomic E-state index is -0.311. The van der Waals surface area contributed by atoms with Gasteiger partial charge in [-0.3, -0.25) is 14.6 Å². The summed E-state index contributed by atoms with van der Waals surface area (Å²) in [5.41, 5.74) is 3.04. The van der Waals surface area contributed by atoms with Gasteiger partial charge in [0.1, 0.15) is 17.2 Å². The van der Waals surface area contributed by atoms with E-state index in [0.29, 0.717) is 45.0 Å². The molecule has 0 spiro atoms. The van der Waals surface area contributed by atoms with Crippen molar-refractivity contribution in [2.45, 2.75) is 6.92 Å². The first-order chi connectivity index (χ1) is 15.5. The number of hydrogen-bond donors (Lipinski definition) is 1. The summed E-state index contributed by atoms with van der Waals surface area (Å²) in [6.45, 7) is 1.72. The SMILES string of the molecule is Cc1c(-c2cncc(C(=O)N(C)C)c2)c(-c2ccccc2Oc2ccccc2)n[nH]c1=O. The first-order valence-corrected chi connectivity index (χ1v) is 10.0. The second kappa shape index (κ2) is 8.85. The molecule has 4 rings (SSSR count). The Morgan fingerprint density at radius 3 is 2.47 bits per heavy atom. The summed E-state index contributed by atoms with van der Waals surface area (Å²) >= 11 is 0. The number of H-pyrrole nitrogens is 1. The molecule has 0 saturated carbocycles. The van der Waals surface area contributed by atoms with E-state index in [1.165, 1.54) is 11.1 Å². The standard InChI is InChI=1S/C25H22N4O3/c1-16-22(17-13-18(15-26-14-17)25(31)29(2)3)23(27-28-24(16)30)20-11-7-8-12-21(20)32-19-9-5-4-6-10-19/h4-15H,1-3H3,(H,28,30). The van der Waals surface area contributed by atoms with Crippen LogP contribution in [0.1, 0.15) is 15.9 Å². The van der Waals surface area contributed by atoms with Crippen molar-refractivity contribution in [2.24, 2.45) is 0 Å². The highest BCUT2D eigenvalue weighted by Crippen LogP contribution is 2.38. The van der Waals surface area contributed by atoms with Crippen LogP contribution in [0, 0.1) is 6.92 Å². The molecule has 7 nitrogen and oxygen atoms in total. The van der Waals surface area contributed by atoms with Crippen LogP contribution in [0.4, 0.5) is 0 Å². The van der Waals surface area contributed by atoms with Crippen molar-refractivity contribution in [1.29, 1.82) is 0 Å². The van der Waals surface area contributed by atoms with Gasteiger partial charge >= 0.3 is 0 Å². The topological polar surface area (TPSA) is 88.2 Å². The zero-order chi connectivity index (χ0) is 22.7. The van der Waals surface area contributed by atoms with E-state index in [-0.39, 0.29) is 11.5 Å². The Morgan fingerprint density at radius 1 is 1.00 bits per heavy atom. The molecule has 0 saturated heterocycles. The number of pyridine rings is 1. The minimum absolute atomic E-state index is 0.177. The van der Waals surface area contributed by atoms with Crippen LogP contribution < -0.4 is 10.3 Å². The number of para-hydroxylation sites is 2. The maximum Gasteiger partial charge on any atom is 0.267 e. The Labute approximate surface area is 185 Å². The quantitative estimate of drug-likeness (QED) is 0.514. The smallest absolute Gasteiger partial charge is 0.267 e. The van der Waals surface area contributed by atoms with E-state index in [0.717, 1.165) is 0 Å². The number of hydrogen-bond acceptors (Lipinski definition) is 5. The van der Waals surface area contributed by atoms with Crippen LogP contribution >= 0.6 is 0 Å². The molecule has 0 aliphatic heterocycles. The number of benzene rings is 2. The van der Waals surface area contributed by atoms with Crippen molar-refractivity contribution in [2.75, 3.05) is 14.1 Å². The van der Waals surface area contributed by atoms with Crippen LogP contribution in [0.25, 0.3) is 22.4 Å². The maximum absolute atomic E-state index is 12.5. The highest BCUT2D eigenvalue weighted by molar-refractivity contribution is 5.95. The number of rotatable bonds is 5. The summed E-state index contributed by atoms with van der Waals surface area (Å²) in [4.78, 5) is 30.7. The van der Waals surface area contributed by atoms with E-state index >= 15 is 0 Å². The number of carbonyl (C=O) groups is 1. The van der Waals surface area contributed by atoms with E-state index in [2.05, 4.69) is 15.2 Å². The fourth-order valence-electron chi connectivity index (χ4n) is 3.40. The third-order valence-electron chi connectivity index (χ3n) is 5.01. The van der Waals surface area contributed by atoms with Gasteiger partial charge in [-0.2, -0.15) is 5.10 Å². The number of aromatic amines is 1. The molecule has 1 amide bonds. The van der Waals surface area contributed by atoms with Gasteiger partial charge in [0, 0.05) is 48.7 Å². The van der Waals surface area contributed by atoms with E-state index in [1.807, 2.05) is 54.6 Å². The molecule has 2 heterocycles. The van der Waals surface area contributed by atoms with Gasteiger partial charge < -0.3 is 9.64 Å². The molecule has 2 aromatic carbocycles. The number of nitrogens with zero attached hydrogens (tertiary/aromatic N) is 3. The summed E-state index contributed by atoms with van der Waals surface area (Å²) in [6, 6.07) is 18.6. The molecule has 0 fully saturated rings. The van der Waals surface area contributed by atoms with E-state index in [1.54, 1.807) is 33.3 Å². The van der Waals surface area contributed by atoms with Crippen LogP contribution in [0.3, 0.4) is 0 Å². The molecule has 4 aromatic rings. The molecule has 32 heavy (non-hydrogen) atoms. The number of aromatic nitrogens is 3. The van der Waals surface area contributed by atoms with Crippen molar-refractivity contribution < 1.29 is 9.53 Å². The van der Waals surface area contributed by atoms with Crippen molar-refractivity contribution in [1.82, 2.24) is 20.1 Å². The predicted octanol–water partition coefficient (Wildman–Crippen LogP) is 4.30.